The Bertz CT molecular complexity index is 2840. The van der Waals surface area contributed by atoms with Crippen LogP contribution in [0, 0.1) is 0 Å². The van der Waals surface area contributed by atoms with Crippen LogP contribution >= 0.6 is 0 Å². The van der Waals surface area contributed by atoms with E-state index in [1.165, 1.54) is 21.5 Å². The monoisotopic (exact) mass is 714 g/mol. The second-order valence-electron chi connectivity index (χ2n) is 13.9. The van der Waals surface area contributed by atoms with Crippen molar-refractivity contribution >= 4 is 21.5 Å². The molecule has 0 amide bonds. The molecule has 0 N–H and O–H groups in total. The second-order valence-corrected chi connectivity index (χ2v) is 13.9. The molecule has 2 heterocycles. The molecule has 0 aliphatic heterocycles. The van der Waals surface area contributed by atoms with Gasteiger partial charge in [0.2, 0.25) is 0 Å². The van der Waals surface area contributed by atoms with Gasteiger partial charge in [-0.05, 0) is 56.9 Å². The number of hydrogen-bond donors (Lipinski definition) is 0. The SMILES string of the molecule is c1ccc(-c2cc(-c3ccccc3)nc(-c3ccc(-c4ccc(-c5nc(-c6ccc7ccccc7c6)cc(-c6ccc7ccccc7c6)n5)cc4)cc3)n2)cc1. The predicted molar refractivity (Wildman–Crippen MR) is 231 cm³/mol. The van der Waals surface area contributed by atoms with E-state index in [1.807, 2.05) is 36.4 Å². The van der Waals surface area contributed by atoms with Gasteiger partial charge in [0.15, 0.2) is 11.6 Å². The van der Waals surface area contributed by atoms with Crippen molar-refractivity contribution in [1.29, 1.82) is 0 Å². The zero-order chi connectivity index (χ0) is 37.3. The zero-order valence-corrected chi connectivity index (χ0v) is 30.4. The highest BCUT2D eigenvalue weighted by Crippen LogP contribution is 2.33. The predicted octanol–water partition coefficient (Wildman–Crippen LogP) is 13.2. The normalized spacial score (nSPS) is 11.2. The molecule has 2 aromatic heterocycles. The number of hydrogen-bond acceptors (Lipinski definition) is 4. The van der Waals surface area contributed by atoms with Crippen LogP contribution in [0.25, 0.3) is 100 Å². The van der Waals surface area contributed by atoms with Crippen molar-refractivity contribution in [3.05, 3.63) is 206 Å². The van der Waals surface area contributed by atoms with Gasteiger partial charge in [-0.2, -0.15) is 0 Å². The molecule has 4 heteroatoms. The Morgan fingerprint density at radius 2 is 0.500 bits per heavy atom. The molecule has 10 rings (SSSR count). The topological polar surface area (TPSA) is 51.6 Å². The fourth-order valence-corrected chi connectivity index (χ4v) is 7.28. The van der Waals surface area contributed by atoms with Gasteiger partial charge < -0.3 is 0 Å². The quantitative estimate of drug-likeness (QED) is 0.165. The first-order chi connectivity index (χ1) is 27.7. The van der Waals surface area contributed by atoms with Crippen LogP contribution in [0.2, 0.25) is 0 Å². The van der Waals surface area contributed by atoms with E-state index < -0.39 is 0 Å². The van der Waals surface area contributed by atoms with E-state index in [0.29, 0.717) is 11.6 Å². The maximum Gasteiger partial charge on any atom is 0.160 e. The summed E-state index contributed by atoms with van der Waals surface area (Å²) in [5, 5.41) is 4.77. The number of rotatable bonds is 7. The van der Waals surface area contributed by atoms with Crippen LogP contribution in [-0.4, -0.2) is 19.9 Å². The Labute approximate surface area is 325 Å². The van der Waals surface area contributed by atoms with E-state index in [0.717, 1.165) is 67.3 Å². The van der Waals surface area contributed by atoms with Crippen LogP contribution in [0.3, 0.4) is 0 Å². The highest BCUT2D eigenvalue weighted by Gasteiger charge is 2.14. The molecule has 8 aromatic carbocycles. The van der Waals surface area contributed by atoms with Gasteiger partial charge in [0, 0.05) is 33.4 Å². The Morgan fingerprint density at radius 1 is 0.196 bits per heavy atom. The minimum absolute atomic E-state index is 0.686. The highest BCUT2D eigenvalue weighted by molar-refractivity contribution is 5.89. The van der Waals surface area contributed by atoms with E-state index in [4.69, 9.17) is 19.9 Å². The van der Waals surface area contributed by atoms with E-state index in [9.17, 15) is 0 Å². The van der Waals surface area contributed by atoms with Gasteiger partial charge in [0.1, 0.15) is 0 Å². The summed E-state index contributed by atoms with van der Waals surface area (Å²) in [5.74, 6) is 1.38. The van der Waals surface area contributed by atoms with Gasteiger partial charge >= 0.3 is 0 Å². The molecule has 0 atom stereocenters. The minimum Gasteiger partial charge on any atom is -0.228 e. The third-order valence-corrected chi connectivity index (χ3v) is 10.3. The average molecular weight is 715 g/mol. The number of aromatic nitrogens is 4. The first-order valence-corrected chi connectivity index (χ1v) is 18.8. The summed E-state index contributed by atoms with van der Waals surface area (Å²) in [6.07, 6.45) is 0. The molecular weight excluding hydrogens is 681 g/mol. The molecule has 0 bridgehead atoms. The standard InChI is InChI=1S/C52H34N4/c1-3-13-39(14-4-1)47-33-48(40-15-5-2-6-16-40)54-51(53-47)41-25-19-37(20-26-41)38-21-27-42(28-22-38)52-55-49(45-29-23-35-11-7-9-17-43(35)31-45)34-50(56-52)46-30-24-36-12-8-10-18-44(36)32-46/h1-34H. The summed E-state index contributed by atoms with van der Waals surface area (Å²) in [6, 6.07) is 71.6. The molecule has 0 spiro atoms. The van der Waals surface area contributed by atoms with Gasteiger partial charge in [-0.1, -0.05) is 182 Å². The first-order valence-electron chi connectivity index (χ1n) is 18.8. The highest BCUT2D eigenvalue weighted by atomic mass is 14.9. The number of benzene rings is 8. The molecule has 0 unspecified atom stereocenters. The minimum atomic E-state index is 0.686. The van der Waals surface area contributed by atoms with Crippen LogP contribution < -0.4 is 0 Å². The largest absolute Gasteiger partial charge is 0.228 e. The van der Waals surface area contributed by atoms with Crippen LogP contribution in [0.5, 0.6) is 0 Å². The summed E-state index contributed by atoms with van der Waals surface area (Å²) >= 11 is 0. The summed E-state index contributed by atoms with van der Waals surface area (Å²) in [7, 11) is 0. The second kappa shape index (κ2) is 14.3. The molecule has 0 radical (unpaired) electrons. The third kappa shape index (κ3) is 6.61. The fraction of sp³-hybridized carbons (Fsp3) is 0. The van der Waals surface area contributed by atoms with Crippen molar-refractivity contribution in [2.75, 3.05) is 0 Å². The lowest BCUT2D eigenvalue weighted by Gasteiger charge is -2.12. The summed E-state index contributed by atoms with van der Waals surface area (Å²) in [6.45, 7) is 0. The van der Waals surface area contributed by atoms with Gasteiger partial charge in [-0.15, -0.1) is 0 Å². The number of fused-ring (bicyclic) bond motifs is 2. The Hall–Kier alpha value is -7.56. The van der Waals surface area contributed by atoms with Crippen LogP contribution in [0.15, 0.2) is 206 Å². The molecule has 0 fully saturated rings. The fourth-order valence-electron chi connectivity index (χ4n) is 7.28. The zero-order valence-electron chi connectivity index (χ0n) is 30.4. The lowest BCUT2D eigenvalue weighted by atomic mass is 10.0. The van der Waals surface area contributed by atoms with Crippen molar-refractivity contribution in [2.45, 2.75) is 0 Å². The lowest BCUT2D eigenvalue weighted by Crippen LogP contribution is -1.96. The Kier molecular flexibility index (Phi) is 8.47. The maximum atomic E-state index is 5.15. The number of nitrogens with zero attached hydrogens (tertiary/aromatic N) is 4. The summed E-state index contributed by atoms with van der Waals surface area (Å²) in [5.41, 5.74) is 11.9. The van der Waals surface area contributed by atoms with Crippen molar-refractivity contribution in [3.63, 3.8) is 0 Å². The van der Waals surface area contributed by atoms with E-state index in [-0.39, 0.29) is 0 Å². The van der Waals surface area contributed by atoms with Crippen molar-refractivity contribution in [2.24, 2.45) is 0 Å². The molecule has 56 heavy (non-hydrogen) atoms. The first kappa shape index (κ1) is 33.0. The Morgan fingerprint density at radius 3 is 0.893 bits per heavy atom. The molecule has 0 aliphatic rings. The molecule has 0 saturated carbocycles. The van der Waals surface area contributed by atoms with Crippen molar-refractivity contribution in [1.82, 2.24) is 19.9 Å². The van der Waals surface area contributed by atoms with E-state index in [2.05, 4.69) is 170 Å². The van der Waals surface area contributed by atoms with Crippen LogP contribution in [0.4, 0.5) is 0 Å². The van der Waals surface area contributed by atoms with Gasteiger partial charge in [0.25, 0.3) is 0 Å². The smallest absolute Gasteiger partial charge is 0.160 e. The summed E-state index contributed by atoms with van der Waals surface area (Å²) < 4.78 is 0. The molecular formula is C52H34N4. The van der Waals surface area contributed by atoms with Crippen molar-refractivity contribution < 1.29 is 0 Å². The lowest BCUT2D eigenvalue weighted by molar-refractivity contribution is 1.18. The molecule has 10 aromatic rings. The van der Waals surface area contributed by atoms with Gasteiger partial charge in [-0.3, -0.25) is 0 Å². The molecule has 0 aliphatic carbocycles. The van der Waals surface area contributed by atoms with Crippen LogP contribution in [-0.2, 0) is 0 Å². The molecule has 262 valence electrons. The third-order valence-electron chi connectivity index (χ3n) is 10.3. The van der Waals surface area contributed by atoms with Gasteiger partial charge in [0.05, 0.1) is 22.8 Å². The van der Waals surface area contributed by atoms with Crippen LogP contribution in [0.1, 0.15) is 0 Å². The molecule has 4 nitrogen and oxygen atoms in total. The summed E-state index contributed by atoms with van der Waals surface area (Å²) in [4.78, 5) is 20.3. The van der Waals surface area contributed by atoms with Crippen molar-refractivity contribution in [3.8, 4) is 78.9 Å². The van der Waals surface area contributed by atoms with E-state index in [1.54, 1.807) is 0 Å². The molecule has 0 saturated heterocycles. The maximum absolute atomic E-state index is 5.15. The van der Waals surface area contributed by atoms with E-state index >= 15 is 0 Å². The average Bonchev–Trinajstić information content (AvgIpc) is 3.29. The Balaban J connectivity index is 0.994. The van der Waals surface area contributed by atoms with Gasteiger partial charge in [-0.25, -0.2) is 19.9 Å².